The molecule has 0 bridgehead atoms. The van der Waals surface area contributed by atoms with Gasteiger partial charge in [0.05, 0.1) is 16.8 Å². The van der Waals surface area contributed by atoms with Crippen molar-refractivity contribution in [3.05, 3.63) is 190 Å². The molecular weight excluding hydrogens is 673 g/mol. The standard InChI is InChI=1S/C51H36N2S/c1-3-13-46-38(4-2)43-29-36(23-26-47(43)53(46)34-16-6-5-7-17-34)52(37-24-27-49-44(30-37)41-19-10-11-21-48(41)54-49)35-22-25-40-42-20-12-15-33-28-32-14-8-9-18-39(32)51(50(33)42)45(40)31-35/h2-3,5-14,16-24,26-31,33,40H,15,25H2,1H3/b13-3-. The predicted octanol–water partition coefficient (Wildman–Crippen LogP) is 11.5. The van der Waals surface area contributed by atoms with Gasteiger partial charge >= 0.3 is 0 Å². The Kier molecular flexibility index (Phi) is 6.99. The highest BCUT2D eigenvalue weighted by atomic mass is 32.1. The lowest BCUT2D eigenvalue weighted by Gasteiger charge is -2.31. The van der Waals surface area contributed by atoms with Crippen LogP contribution < -0.4 is 15.3 Å². The largest absolute Gasteiger partial charge is 0.311 e. The first kappa shape index (κ1) is 31.2. The van der Waals surface area contributed by atoms with Gasteiger partial charge < -0.3 is 9.47 Å². The fraction of sp³-hybridized carbons (Fsp3) is 0.0980. The Hall–Kier alpha value is -6.34. The normalized spacial score (nSPS) is 18.4. The van der Waals surface area contributed by atoms with Crippen molar-refractivity contribution in [1.29, 1.82) is 0 Å². The minimum Gasteiger partial charge on any atom is -0.311 e. The highest BCUT2D eigenvalue weighted by Crippen LogP contribution is 2.53. The van der Waals surface area contributed by atoms with E-state index in [2.05, 4.69) is 180 Å². The zero-order valence-electron chi connectivity index (χ0n) is 30.0. The lowest BCUT2D eigenvalue weighted by Crippen LogP contribution is -2.33. The third kappa shape index (κ3) is 4.54. The molecule has 0 fully saturated rings. The summed E-state index contributed by atoms with van der Waals surface area (Å²) in [6, 6.07) is 42.1. The molecule has 0 amide bonds. The average Bonchev–Trinajstić information content (AvgIpc) is 3.86. The highest BCUT2D eigenvalue weighted by molar-refractivity contribution is 7.25. The molecule has 0 radical (unpaired) electrons. The maximum Gasteiger partial charge on any atom is 0.0621 e. The second-order valence-corrected chi connectivity index (χ2v) is 15.7. The molecule has 0 aliphatic heterocycles. The maximum absolute atomic E-state index is 6.38. The van der Waals surface area contributed by atoms with Crippen LogP contribution >= 0.6 is 11.3 Å². The lowest BCUT2D eigenvalue weighted by atomic mass is 9.81. The second kappa shape index (κ2) is 12.1. The number of anilines is 2. The fourth-order valence-electron chi connectivity index (χ4n) is 9.53. The average molecular weight is 709 g/mol. The summed E-state index contributed by atoms with van der Waals surface area (Å²) >= 11 is 1.86. The first-order chi connectivity index (χ1) is 26.7. The summed E-state index contributed by atoms with van der Waals surface area (Å²) in [6.07, 6.45) is 24.9. The molecule has 7 aromatic rings. The lowest BCUT2D eigenvalue weighted by molar-refractivity contribution is 0.740. The smallest absolute Gasteiger partial charge is 0.0621 e. The van der Waals surface area contributed by atoms with Crippen LogP contribution in [0.3, 0.4) is 0 Å². The minimum atomic E-state index is 0.362. The molecule has 2 atom stereocenters. The van der Waals surface area contributed by atoms with Crippen LogP contribution in [0, 0.1) is 24.2 Å². The molecule has 54 heavy (non-hydrogen) atoms. The van der Waals surface area contributed by atoms with E-state index < -0.39 is 0 Å². The van der Waals surface area contributed by atoms with Crippen molar-refractivity contribution in [3.63, 3.8) is 0 Å². The van der Waals surface area contributed by atoms with E-state index in [1.165, 1.54) is 53.0 Å². The Morgan fingerprint density at radius 2 is 1.59 bits per heavy atom. The van der Waals surface area contributed by atoms with Crippen LogP contribution in [0.5, 0.6) is 0 Å². The summed E-state index contributed by atoms with van der Waals surface area (Å²) < 4.78 is 4.90. The number of hydrogen-bond donors (Lipinski definition) is 0. The molecular formula is C51H36N2S. The Balaban J connectivity index is 1.15. The SMILES string of the molecule is C#Cc1c(/C=C\C)n(-c2ccccc2)c2ccc(N(C3=CCC4C(=C3)C3=c5ccccc5=CC5CC=CC4=C35)c3ccc4sc5ccccc5c4c3)cc12. The van der Waals surface area contributed by atoms with Crippen molar-refractivity contribution in [2.24, 2.45) is 11.8 Å². The first-order valence-corrected chi connectivity index (χ1v) is 19.7. The molecule has 2 nitrogen and oxygen atoms in total. The number of terminal acetylenes is 1. The topological polar surface area (TPSA) is 8.17 Å². The number of nitrogens with zero attached hydrogens (tertiary/aromatic N) is 2. The summed E-state index contributed by atoms with van der Waals surface area (Å²) in [4.78, 5) is 2.47. The van der Waals surface area contributed by atoms with Crippen LogP contribution in [0.2, 0.25) is 0 Å². The molecule has 4 aliphatic rings. The van der Waals surface area contributed by atoms with Crippen LogP contribution in [-0.2, 0) is 0 Å². The van der Waals surface area contributed by atoms with Gasteiger partial charge in [-0.15, -0.1) is 17.8 Å². The van der Waals surface area contributed by atoms with Crippen LogP contribution in [0.1, 0.15) is 31.0 Å². The number of hydrogen-bond acceptors (Lipinski definition) is 2. The molecule has 256 valence electrons. The maximum atomic E-state index is 6.38. The van der Waals surface area contributed by atoms with E-state index >= 15 is 0 Å². The van der Waals surface area contributed by atoms with Crippen LogP contribution in [0.15, 0.2) is 168 Å². The van der Waals surface area contributed by atoms with Gasteiger partial charge in [-0.2, -0.15) is 0 Å². The number of para-hydroxylation sites is 1. The second-order valence-electron chi connectivity index (χ2n) is 14.7. The van der Waals surface area contributed by atoms with E-state index in [0.29, 0.717) is 11.8 Å². The fourth-order valence-corrected chi connectivity index (χ4v) is 10.6. The predicted molar refractivity (Wildman–Crippen MR) is 229 cm³/mol. The van der Waals surface area contributed by atoms with E-state index in [0.717, 1.165) is 52.1 Å². The summed E-state index contributed by atoms with van der Waals surface area (Å²) in [5.74, 6) is 3.89. The molecule has 0 saturated heterocycles. The summed E-state index contributed by atoms with van der Waals surface area (Å²) in [7, 11) is 0. The van der Waals surface area contributed by atoms with Crippen molar-refractivity contribution < 1.29 is 0 Å². The van der Waals surface area contributed by atoms with E-state index in [9.17, 15) is 0 Å². The van der Waals surface area contributed by atoms with Crippen molar-refractivity contribution in [3.8, 4) is 18.0 Å². The van der Waals surface area contributed by atoms with Gasteiger partial charge in [0, 0.05) is 60.2 Å². The van der Waals surface area contributed by atoms with E-state index in [1.54, 1.807) is 5.57 Å². The van der Waals surface area contributed by atoms with Gasteiger partial charge in [-0.3, -0.25) is 0 Å². The van der Waals surface area contributed by atoms with Gasteiger partial charge in [-0.05, 0) is 119 Å². The third-order valence-electron chi connectivity index (χ3n) is 11.8. The van der Waals surface area contributed by atoms with Crippen molar-refractivity contribution in [2.75, 3.05) is 4.90 Å². The van der Waals surface area contributed by atoms with Crippen LogP contribution in [-0.4, -0.2) is 4.57 Å². The van der Waals surface area contributed by atoms with Gasteiger partial charge in [0.25, 0.3) is 0 Å². The van der Waals surface area contributed by atoms with Crippen molar-refractivity contribution in [2.45, 2.75) is 19.8 Å². The molecule has 2 unspecified atom stereocenters. The van der Waals surface area contributed by atoms with Gasteiger partial charge in [0.2, 0.25) is 0 Å². The quantitative estimate of drug-likeness (QED) is 0.162. The third-order valence-corrected chi connectivity index (χ3v) is 12.9. The Bertz CT molecular complexity index is 3080. The number of allylic oxidation sites excluding steroid dienone is 8. The van der Waals surface area contributed by atoms with Crippen LogP contribution in [0.4, 0.5) is 11.4 Å². The minimum absolute atomic E-state index is 0.362. The highest BCUT2D eigenvalue weighted by Gasteiger charge is 2.40. The molecule has 2 heterocycles. The van der Waals surface area contributed by atoms with Crippen molar-refractivity contribution in [1.82, 2.24) is 4.57 Å². The van der Waals surface area contributed by atoms with Gasteiger partial charge in [-0.1, -0.05) is 97.0 Å². The first-order valence-electron chi connectivity index (χ1n) is 18.9. The molecule has 2 aromatic heterocycles. The molecule has 0 N–H and O–H groups in total. The zero-order chi connectivity index (χ0) is 35.9. The number of benzene rings is 5. The number of aromatic nitrogens is 1. The molecule has 5 aromatic carbocycles. The monoisotopic (exact) mass is 708 g/mol. The van der Waals surface area contributed by atoms with E-state index in [4.69, 9.17) is 6.42 Å². The number of rotatable bonds is 5. The van der Waals surface area contributed by atoms with Gasteiger partial charge in [0.1, 0.15) is 0 Å². The van der Waals surface area contributed by atoms with E-state index in [1.807, 2.05) is 11.3 Å². The van der Waals surface area contributed by atoms with Crippen LogP contribution in [0.25, 0.3) is 54.5 Å². The summed E-state index contributed by atoms with van der Waals surface area (Å²) in [5, 5.41) is 6.37. The van der Waals surface area contributed by atoms with E-state index in [-0.39, 0.29) is 0 Å². The zero-order valence-corrected chi connectivity index (χ0v) is 30.8. The molecule has 11 rings (SSSR count). The van der Waals surface area contributed by atoms with Crippen molar-refractivity contribution >= 4 is 71.5 Å². The van der Waals surface area contributed by atoms with Gasteiger partial charge in [-0.25, -0.2) is 0 Å². The number of thiophene rings is 1. The summed E-state index contributed by atoms with van der Waals surface area (Å²) in [6.45, 7) is 2.05. The Labute approximate surface area is 319 Å². The molecule has 4 aliphatic carbocycles. The van der Waals surface area contributed by atoms with Gasteiger partial charge in [0.15, 0.2) is 0 Å². The Morgan fingerprint density at radius 1 is 0.815 bits per heavy atom. The Morgan fingerprint density at radius 3 is 2.46 bits per heavy atom. The molecule has 3 heteroatoms. The molecule has 0 saturated carbocycles. The summed E-state index contributed by atoms with van der Waals surface area (Å²) in [5.41, 5.74) is 13.5. The number of fused-ring (bicyclic) bond motifs is 8. The molecule has 0 spiro atoms.